The van der Waals surface area contributed by atoms with E-state index < -0.39 is 24.0 Å². The van der Waals surface area contributed by atoms with Crippen molar-refractivity contribution in [3.05, 3.63) is 30.3 Å². The highest BCUT2D eigenvalue weighted by molar-refractivity contribution is 5.97. The van der Waals surface area contributed by atoms with E-state index >= 15 is 0 Å². The molecule has 26 heavy (non-hydrogen) atoms. The van der Waals surface area contributed by atoms with E-state index in [2.05, 4.69) is 10.6 Å². The second-order valence-corrected chi connectivity index (χ2v) is 6.34. The summed E-state index contributed by atoms with van der Waals surface area (Å²) in [5.74, 6) is -0.544. The first-order chi connectivity index (χ1) is 12.5. The van der Waals surface area contributed by atoms with Crippen molar-refractivity contribution in [3.8, 4) is 5.75 Å². The molecular weight excluding hydrogens is 336 g/mol. The molecule has 1 saturated carbocycles. The summed E-state index contributed by atoms with van der Waals surface area (Å²) in [6.07, 6.45) is 4.16. The summed E-state index contributed by atoms with van der Waals surface area (Å²) in [4.78, 5) is 35.6. The van der Waals surface area contributed by atoms with Crippen LogP contribution in [0.1, 0.15) is 45.4 Å². The Bertz CT molecular complexity index is 599. The van der Waals surface area contributed by atoms with E-state index in [-0.39, 0.29) is 19.1 Å². The summed E-state index contributed by atoms with van der Waals surface area (Å²) in [7, 11) is 0. The van der Waals surface area contributed by atoms with Crippen LogP contribution < -0.4 is 15.4 Å². The van der Waals surface area contributed by atoms with Crippen molar-refractivity contribution in [1.82, 2.24) is 10.6 Å². The molecule has 1 aromatic rings. The average Bonchev–Trinajstić information content (AvgIpc) is 2.63. The van der Waals surface area contributed by atoms with Crippen molar-refractivity contribution in [3.63, 3.8) is 0 Å². The number of hydrogen-bond donors (Lipinski definition) is 2. The van der Waals surface area contributed by atoms with Gasteiger partial charge in [-0.1, -0.05) is 37.5 Å². The molecular formula is C19H26N2O5. The maximum Gasteiger partial charge on any atom is 0.321 e. The number of para-hydroxylation sites is 1. The highest BCUT2D eigenvalue weighted by Gasteiger charge is 2.22. The molecule has 1 aromatic carbocycles. The predicted octanol–water partition coefficient (Wildman–Crippen LogP) is 2.55. The molecule has 1 aliphatic carbocycles. The third kappa shape index (κ3) is 7.13. The molecule has 3 amide bonds. The van der Waals surface area contributed by atoms with Crippen LogP contribution in [-0.2, 0) is 14.3 Å². The molecule has 1 aliphatic rings. The largest absolute Gasteiger partial charge is 0.493 e. The molecule has 1 fully saturated rings. The highest BCUT2D eigenvalue weighted by Crippen LogP contribution is 2.17. The van der Waals surface area contributed by atoms with Crippen molar-refractivity contribution in [2.75, 3.05) is 6.61 Å². The number of benzene rings is 1. The molecule has 142 valence electrons. The SMILES string of the molecule is C[C@@H](OC(=O)CCOc1ccccc1)C(=O)NC(=O)NC1CCCCC1. The Morgan fingerprint density at radius 2 is 1.81 bits per heavy atom. The smallest absolute Gasteiger partial charge is 0.321 e. The van der Waals surface area contributed by atoms with E-state index in [9.17, 15) is 14.4 Å². The zero-order valence-electron chi connectivity index (χ0n) is 15.0. The van der Waals surface area contributed by atoms with Gasteiger partial charge in [-0.3, -0.25) is 14.9 Å². The maximum absolute atomic E-state index is 11.9. The van der Waals surface area contributed by atoms with Crippen molar-refractivity contribution in [1.29, 1.82) is 0 Å². The molecule has 7 nitrogen and oxygen atoms in total. The lowest BCUT2D eigenvalue weighted by molar-refractivity contribution is -0.154. The van der Waals surface area contributed by atoms with Crippen LogP contribution in [0, 0.1) is 0 Å². The molecule has 0 radical (unpaired) electrons. The Morgan fingerprint density at radius 3 is 2.50 bits per heavy atom. The molecule has 1 atom stereocenters. The zero-order valence-corrected chi connectivity index (χ0v) is 15.0. The van der Waals surface area contributed by atoms with Gasteiger partial charge < -0.3 is 14.8 Å². The third-order valence-corrected chi connectivity index (χ3v) is 4.17. The summed E-state index contributed by atoms with van der Waals surface area (Å²) in [6, 6.07) is 8.66. The van der Waals surface area contributed by atoms with Crippen LogP contribution in [0.2, 0.25) is 0 Å². The van der Waals surface area contributed by atoms with Crippen LogP contribution in [0.15, 0.2) is 30.3 Å². The molecule has 0 aromatic heterocycles. The van der Waals surface area contributed by atoms with Gasteiger partial charge in [-0.15, -0.1) is 0 Å². The number of nitrogens with one attached hydrogen (secondary N) is 2. The Hall–Kier alpha value is -2.57. The molecule has 0 saturated heterocycles. The Morgan fingerprint density at radius 1 is 1.12 bits per heavy atom. The standard InChI is InChI=1S/C19H26N2O5/c1-14(18(23)21-19(24)20-15-8-4-2-5-9-15)26-17(22)12-13-25-16-10-6-3-7-11-16/h3,6-7,10-11,14-15H,2,4-5,8-9,12-13H2,1H3,(H2,20,21,23,24)/t14-/m1/s1. The first kappa shape index (κ1) is 19.8. The second kappa shape index (κ2) is 10.4. The number of hydrogen-bond acceptors (Lipinski definition) is 5. The highest BCUT2D eigenvalue weighted by atomic mass is 16.5. The summed E-state index contributed by atoms with van der Waals surface area (Å²) in [5, 5.41) is 5.00. The van der Waals surface area contributed by atoms with Gasteiger partial charge in [0.2, 0.25) is 0 Å². The van der Waals surface area contributed by atoms with Crippen molar-refractivity contribution < 1.29 is 23.9 Å². The minimum atomic E-state index is -1.05. The zero-order chi connectivity index (χ0) is 18.8. The van der Waals surface area contributed by atoms with Gasteiger partial charge in [0, 0.05) is 6.04 Å². The molecule has 0 bridgehead atoms. The minimum absolute atomic E-state index is 0.0147. The summed E-state index contributed by atoms with van der Waals surface area (Å²) in [6.45, 7) is 1.58. The fraction of sp³-hybridized carbons (Fsp3) is 0.526. The Labute approximate surface area is 153 Å². The normalized spacial score (nSPS) is 15.6. The quantitative estimate of drug-likeness (QED) is 0.727. The van der Waals surface area contributed by atoms with Gasteiger partial charge in [-0.2, -0.15) is 0 Å². The van der Waals surface area contributed by atoms with Crippen molar-refractivity contribution >= 4 is 17.9 Å². The van der Waals surface area contributed by atoms with Crippen LogP contribution in [0.3, 0.4) is 0 Å². The summed E-state index contributed by atoms with van der Waals surface area (Å²) >= 11 is 0. The first-order valence-electron chi connectivity index (χ1n) is 9.03. The Kier molecular flexibility index (Phi) is 7.92. The monoisotopic (exact) mass is 362 g/mol. The van der Waals surface area contributed by atoms with Gasteiger partial charge in [0.05, 0.1) is 13.0 Å². The predicted molar refractivity (Wildman–Crippen MR) is 95.7 cm³/mol. The van der Waals surface area contributed by atoms with Gasteiger partial charge in [-0.05, 0) is 31.9 Å². The van der Waals surface area contributed by atoms with Gasteiger partial charge in [0.25, 0.3) is 5.91 Å². The van der Waals surface area contributed by atoms with Gasteiger partial charge in [0.15, 0.2) is 6.10 Å². The number of carbonyl (C=O) groups is 3. The van der Waals surface area contributed by atoms with Crippen LogP contribution in [-0.4, -0.2) is 36.7 Å². The van der Waals surface area contributed by atoms with Crippen LogP contribution in [0.4, 0.5) is 4.79 Å². The molecule has 2 rings (SSSR count). The van der Waals surface area contributed by atoms with E-state index in [1.165, 1.54) is 13.3 Å². The van der Waals surface area contributed by atoms with Crippen LogP contribution in [0.5, 0.6) is 5.75 Å². The molecule has 0 spiro atoms. The number of esters is 1. The van der Waals surface area contributed by atoms with E-state index in [4.69, 9.17) is 9.47 Å². The topological polar surface area (TPSA) is 93.7 Å². The van der Waals surface area contributed by atoms with Crippen molar-refractivity contribution in [2.24, 2.45) is 0 Å². The first-order valence-corrected chi connectivity index (χ1v) is 9.03. The van der Waals surface area contributed by atoms with E-state index in [0.29, 0.717) is 5.75 Å². The van der Waals surface area contributed by atoms with E-state index in [1.807, 2.05) is 18.2 Å². The summed E-state index contributed by atoms with van der Waals surface area (Å²) in [5.41, 5.74) is 0. The van der Waals surface area contributed by atoms with Gasteiger partial charge >= 0.3 is 12.0 Å². The lowest BCUT2D eigenvalue weighted by atomic mass is 9.96. The lowest BCUT2D eigenvalue weighted by Crippen LogP contribution is -2.48. The van der Waals surface area contributed by atoms with Crippen LogP contribution in [0.25, 0.3) is 0 Å². The van der Waals surface area contributed by atoms with Gasteiger partial charge in [-0.25, -0.2) is 4.79 Å². The van der Waals surface area contributed by atoms with Gasteiger partial charge in [0.1, 0.15) is 5.75 Å². The molecule has 0 heterocycles. The van der Waals surface area contributed by atoms with E-state index in [0.717, 1.165) is 25.7 Å². The molecule has 2 N–H and O–H groups in total. The fourth-order valence-electron chi connectivity index (χ4n) is 2.76. The maximum atomic E-state index is 11.9. The van der Waals surface area contributed by atoms with Crippen LogP contribution >= 0.6 is 0 Å². The molecule has 0 aliphatic heterocycles. The summed E-state index contributed by atoms with van der Waals surface area (Å²) < 4.78 is 10.4. The lowest BCUT2D eigenvalue weighted by Gasteiger charge is -2.23. The number of ether oxygens (including phenoxy) is 2. The molecule has 0 unspecified atom stereocenters. The second-order valence-electron chi connectivity index (χ2n) is 6.34. The number of amides is 3. The Balaban J connectivity index is 1.63. The van der Waals surface area contributed by atoms with E-state index in [1.54, 1.807) is 12.1 Å². The number of rotatable bonds is 7. The fourth-order valence-corrected chi connectivity index (χ4v) is 2.76. The molecule has 7 heteroatoms. The average molecular weight is 362 g/mol. The number of urea groups is 1. The number of carbonyl (C=O) groups excluding carboxylic acids is 3. The van der Waals surface area contributed by atoms with Crippen molar-refractivity contribution in [2.45, 2.75) is 57.6 Å². The number of imide groups is 1. The third-order valence-electron chi connectivity index (χ3n) is 4.17. The minimum Gasteiger partial charge on any atom is -0.493 e.